The van der Waals surface area contributed by atoms with E-state index in [9.17, 15) is 28.8 Å². The maximum atomic E-state index is 12.3. The van der Waals surface area contributed by atoms with Gasteiger partial charge in [-0.3, -0.25) is 33.7 Å². The van der Waals surface area contributed by atoms with Crippen molar-refractivity contribution < 1.29 is 33.5 Å². The molecule has 0 saturated heterocycles. The zero-order valence-corrected chi connectivity index (χ0v) is 18.1. The molecule has 0 saturated carbocycles. The average Bonchev–Trinajstić information content (AvgIpc) is 3.01. The second kappa shape index (κ2) is 13.1. The fraction of sp³-hybridized carbons (Fsp3) is 0.600. The third kappa shape index (κ3) is 9.87. The molecule has 0 spiro atoms. The average molecular weight is 438 g/mol. The molecular formula is C20H30N4O7. The lowest BCUT2D eigenvalue weighted by Crippen LogP contribution is -2.51. The van der Waals surface area contributed by atoms with Gasteiger partial charge < -0.3 is 20.7 Å². The smallest absolute Gasteiger partial charge is 0.304 e. The molecule has 0 fully saturated rings. The van der Waals surface area contributed by atoms with Gasteiger partial charge in [0.05, 0.1) is 6.54 Å². The van der Waals surface area contributed by atoms with Gasteiger partial charge in [0, 0.05) is 32.0 Å². The Morgan fingerprint density at radius 3 is 2.19 bits per heavy atom. The standard InChI is InChI=1S/C20H30N4O7/c1-13(2)19(20(30)21-11-16(27)22-12-31-14(3)25)23-15(26)7-5-4-6-10-24-17(28)8-9-18(24)29/h8-9,13,19H,4-7,10-12H2,1-3H3,(H,21,30)(H,22,27)(H,23,26). The number of amides is 5. The van der Waals surface area contributed by atoms with E-state index in [1.54, 1.807) is 13.8 Å². The van der Waals surface area contributed by atoms with Gasteiger partial charge >= 0.3 is 5.97 Å². The molecule has 1 aliphatic rings. The highest BCUT2D eigenvalue weighted by atomic mass is 16.5. The molecular weight excluding hydrogens is 408 g/mol. The first-order valence-electron chi connectivity index (χ1n) is 10.1. The Labute approximate surface area is 180 Å². The van der Waals surface area contributed by atoms with Crippen molar-refractivity contribution >= 4 is 35.5 Å². The number of nitrogens with one attached hydrogen (secondary N) is 3. The van der Waals surface area contributed by atoms with Crippen molar-refractivity contribution in [3.05, 3.63) is 12.2 Å². The van der Waals surface area contributed by atoms with E-state index in [0.29, 0.717) is 25.8 Å². The van der Waals surface area contributed by atoms with E-state index in [0.717, 1.165) is 4.90 Å². The minimum absolute atomic E-state index is 0.194. The second-order valence-corrected chi connectivity index (χ2v) is 7.36. The number of esters is 1. The van der Waals surface area contributed by atoms with Crippen molar-refractivity contribution in [2.75, 3.05) is 19.8 Å². The van der Waals surface area contributed by atoms with Crippen LogP contribution in [0.1, 0.15) is 46.5 Å². The summed E-state index contributed by atoms with van der Waals surface area (Å²) >= 11 is 0. The largest absolute Gasteiger partial charge is 0.445 e. The van der Waals surface area contributed by atoms with Gasteiger partial charge in [-0.15, -0.1) is 0 Å². The molecule has 11 heteroatoms. The molecule has 1 rings (SSSR count). The number of carbonyl (C=O) groups excluding carboxylic acids is 6. The molecule has 0 radical (unpaired) electrons. The van der Waals surface area contributed by atoms with Gasteiger partial charge in [0.2, 0.25) is 17.7 Å². The maximum Gasteiger partial charge on any atom is 0.304 e. The van der Waals surface area contributed by atoms with Gasteiger partial charge in [-0.2, -0.15) is 0 Å². The molecule has 1 atom stereocenters. The summed E-state index contributed by atoms with van der Waals surface area (Å²) in [6, 6.07) is -0.806. The Morgan fingerprint density at radius 1 is 0.968 bits per heavy atom. The van der Waals surface area contributed by atoms with Crippen molar-refractivity contribution in [1.82, 2.24) is 20.9 Å². The lowest BCUT2D eigenvalue weighted by molar-refractivity contribution is -0.143. The number of imide groups is 1. The van der Waals surface area contributed by atoms with Crippen LogP contribution < -0.4 is 16.0 Å². The number of nitrogens with zero attached hydrogens (tertiary/aromatic N) is 1. The monoisotopic (exact) mass is 438 g/mol. The molecule has 172 valence electrons. The number of hydrogen-bond donors (Lipinski definition) is 3. The van der Waals surface area contributed by atoms with E-state index >= 15 is 0 Å². The van der Waals surface area contributed by atoms with Crippen LogP contribution in [0, 0.1) is 5.92 Å². The molecule has 1 unspecified atom stereocenters. The minimum Gasteiger partial charge on any atom is -0.445 e. The molecule has 5 amide bonds. The summed E-state index contributed by atoms with van der Waals surface area (Å²) in [4.78, 5) is 70.8. The number of rotatable bonds is 13. The summed E-state index contributed by atoms with van der Waals surface area (Å²) in [5.74, 6) is -2.72. The van der Waals surface area contributed by atoms with Crippen molar-refractivity contribution in [2.45, 2.75) is 52.5 Å². The molecule has 3 N–H and O–H groups in total. The summed E-state index contributed by atoms with van der Waals surface area (Å²) in [7, 11) is 0. The molecule has 0 aliphatic carbocycles. The van der Waals surface area contributed by atoms with Crippen LogP contribution in [0.4, 0.5) is 0 Å². The van der Waals surface area contributed by atoms with E-state index in [2.05, 4.69) is 20.7 Å². The van der Waals surface area contributed by atoms with E-state index < -0.39 is 23.8 Å². The third-order valence-corrected chi connectivity index (χ3v) is 4.42. The number of unbranched alkanes of at least 4 members (excludes halogenated alkanes) is 2. The lowest BCUT2D eigenvalue weighted by atomic mass is 10.0. The van der Waals surface area contributed by atoms with Gasteiger partial charge in [0.1, 0.15) is 6.04 Å². The fourth-order valence-electron chi connectivity index (χ4n) is 2.72. The normalized spacial score (nSPS) is 13.9. The first-order chi connectivity index (χ1) is 14.6. The highest BCUT2D eigenvalue weighted by Gasteiger charge is 2.25. The van der Waals surface area contributed by atoms with E-state index in [1.165, 1.54) is 19.1 Å². The molecule has 31 heavy (non-hydrogen) atoms. The minimum atomic E-state index is -0.806. The first kappa shape index (κ1) is 25.8. The second-order valence-electron chi connectivity index (χ2n) is 7.36. The highest BCUT2D eigenvalue weighted by Crippen LogP contribution is 2.08. The zero-order valence-electron chi connectivity index (χ0n) is 18.1. The van der Waals surface area contributed by atoms with Gasteiger partial charge in [-0.05, 0) is 18.8 Å². The van der Waals surface area contributed by atoms with E-state index in [4.69, 9.17) is 0 Å². The van der Waals surface area contributed by atoms with Gasteiger partial charge in [0.15, 0.2) is 6.73 Å². The van der Waals surface area contributed by atoms with Crippen LogP contribution in [0.3, 0.4) is 0 Å². The first-order valence-corrected chi connectivity index (χ1v) is 10.1. The predicted octanol–water partition coefficient (Wildman–Crippen LogP) is -0.634. The summed E-state index contributed by atoms with van der Waals surface area (Å²) in [6.45, 7) is 4.44. The van der Waals surface area contributed by atoms with Crippen LogP contribution in [-0.4, -0.2) is 66.3 Å². The molecule has 1 heterocycles. The van der Waals surface area contributed by atoms with E-state index in [-0.39, 0.29) is 43.3 Å². The summed E-state index contributed by atoms with van der Waals surface area (Å²) in [5, 5.41) is 7.42. The fourth-order valence-corrected chi connectivity index (χ4v) is 2.72. The van der Waals surface area contributed by atoms with Crippen LogP contribution in [-0.2, 0) is 33.5 Å². The van der Waals surface area contributed by atoms with Crippen LogP contribution in [0.25, 0.3) is 0 Å². The van der Waals surface area contributed by atoms with Gasteiger partial charge in [0.25, 0.3) is 11.8 Å². The van der Waals surface area contributed by atoms with Crippen molar-refractivity contribution in [1.29, 1.82) is 0 Å². The zero-order chi connectivity index (χ0) is 23.4. The van der Waals surface area contributed by atoms with Crippen LogP contribution in [0.15, 0.2) is 12.2 Å². The van der Waals surface area contributed by atoms with Gasteiger partial charge in [-0.1, -0.05) is 20.3 Å². The van der Waals surface area contributed by atoms with Crippen molar-refractivity contribution in [3.63, 3.8) is 0 Å². The maximum absolute atomic E-state index is 12.3. The third-order valence-electron chi connectivity index (χ3n) is 4.42. The van der Waals surface area contributed by atoms with Crippen LogP contribution in [0.5, 0.6) is 0 Å². The summed E-state index contributed by atoms with van der Waals surface area (Å²) < 4.78 is 4.57. The Bertz CT molecular complexity index is 715. The highest BCUT2D eigenvalue weighted by molar-refractivity contribution is 6.12. The number of ether oxygens (including phenoxy) is 1. The van der Waals surface area contributed by atoms with E-state index in [1.807, 2.05) is 0 Å². The number of carbonyl (C=O) groups is 6. The number of hydrogen-bond acceptors (Lipinski definition) is 7. The van der Waals surface area contributed by atoms with Crippen molar-refractivity contribution in [2.24, 2.45) is 5.92 Å². The Kier molecular flexibility index (Phi) is 10.9. The topological polar surface area (TPSA) is 151 Å². The van der Waals surface area contributed by atoms with Gasteiger partial charge in [-0.25, -0.2) is 0 Å². The molecule has 0 bridgehead atoms. The van der Waals surface area contributed by atoms with Crippen LogP contribution >= 0.6 is 0 Å². The Morgan fingerprint density at radius 2 is 1.61 bits per heavy atom. The Hall–Kier alpha value is -3.24. The van der Waals surface area contributed by atoms with Crippen molar-refractivity contribution in [3.8, 4) is 0 Å². The lowest BCUT2D eigenvalue weighted by Gasteiger charge is -2.21. The van der Waals surface area contributed by atoms with Crippen LogP contribution in [0.2, 0.25) is 0 Å². The molecule has 11 nitrogen and oxygen atoms in total. The quantitative estimate of drug-likeness (QED) is 0.150. The Balaban J connectivity index is 2.29. The molecule has 0 aromatic carbocycles. The molecule has 0 aromatic heterocycles. The predicted molar refractivity (Wildman–Crippen MR) is 109 cm³/mol. The summed E-state index contributed by atoms with van der Waals surface area (Å²) in [6.07, 6.45) is 4.43. The molecule has 0 aromatic rings. The summed E-state index contributed by atoms with van der Waals surface area (Å²) in [5.41, 5.74) is 0. The molecule has 1 aliphatic heterocycles. The SMILES string of the molecule is CC(=O)OCNC(=O)CNC(=O)C(NC(=O)CCCCCN1C(=O)C=CC1=O)C(C)C.